The lowest BCUT2D eigenvalue weighted by Gasteiger charge is -2.34. The van der Waals surface area contributed by atoms with E-state index in [0.717, 1.165) is 37.6 Å². The maximum atomic E-state index is 5.53. The number of aliphatic imine (C=N–C) groups is 1. The summed E-state index contributed by atoms with van der Waals surface area (Å²) in [7, 11) is 1.87. The first-order valence-electron chi connectivity index (χ1n) is 12.3. The van der Waals surface area contributed by atoms with Gasteiger partial charge in [-0.1, -0.05) is 19.1 Å². The molecule has 1 aromatic carbocycles. The minimum absolute atomic E-state index is 0. The number of halogens is 1. The summed E-state index contributed by atoms with van der Waals surface area (Å²) in [6, 6.07) is 9.55. The molecule has 1 aromatic rings. The molecule has 0 aromatic heterocycles. The summed E-state index contributed by atoms with van der Waals surface area (Å²) in [5.41, 5.74) is 2.65. The van der Waals surface area contributed by atoms with Crippen LogP contribution in [0.1, 0.15) is 44.6 Å². The van der Waals surface area contributed by atoms with E-state index in [0.29, 0.717) is 6.04 Å². The molecule has 0 bridgehead atoms. The Morgan fingerprint density at radius 3 is 2.38 bits per heavy atom. The molecule has 0 amide bonds. The van der Waals surface area contributed by atoms with Crippen molar-refractivity contribution in [3.8, 4) is 0 Å². The number of piperidine rings is 2. The molecule has 0 aliphatic carbocycles. The first kappa shape index (κ1) is 25.6. The van der Waals surface area contributed by atoms with Gasteiger partial charge in [-0.3, -0.25) is 4.99 Å². The van der Waals surface area contributed by atoms with E-state index in [1.165, 1.54) is 76.1 Å². The molecule has 180 valence electrons. The molecule has 7 heteroatoms. The van der Waals surface area contributed by atoms with Crippen LogP contribution in [0.5, 0.6) is 0 Å². The van der Waals surface area contributed by atoms with Gasteiger partial charge in [-0.15, -0.1) is 24.0 Å². The van der Waals surface area contributed by atoms with Gasteiger partial charge in [-0.25, -0.2) is 0 Å². The monoisotopic (exact) mass is 555 g/mol. The average molecular weight is 556 g/mol. The zero-order valence-electron chi connectivity index (χ0n) is 19.9. The van der Waals surface area contributed by atoms with E-state index in [1.54, 1.807) is 0 Å². The molecule has 4 rings (SSSR count). The van der Waals surface area contributed by atoms with Crippen molar-refractivity contribution in [1.82, 2.24) is 15.5 Å². The van der Waals surface area contributed by atoms with E-state index >= 15 is 0 Å². The number of guanidine groups is 1. The van der Waals surface area contributed by atoms with Crippen molar-refractivity contribution in [2.45, 2.75) is 51.6 Å². The van der Waals surface area contributed by atoms with Gasteiger partial charge in [-0.05, 0) is 61.6 Å². The number of benzene rings is 1. The lowest BCUT2D eigenvalue weighted by atomic mass is 9.99. The SMILES string of the molecule is CN=C(NCc1ccc(N2CCC(C)CC2)cc1)NC1CCN(CC2CCOC2)CC1.I. The van der Waals surface area contributed by atoms with Crippen LogP contribution < -0.4 is 15.5 Å². The third-order valence-corrected chi connectivity index (χ3v) is 7.24. The summed E-state index contributed by atoms with van der Waals surface area (Å²) in [6.07, 6.45) is 6.19. The fraction of sp³-hybridized carbons (Fsp3) is 0.720. The first-order chi connectivity index (χ1) is 15.2. The minimum Gasteiger partial charge on any atom is -0.381 e. The zero-order valence-corrected chi connectivity index (χ0v) is 22.2. The molecule has 0 radical (unpaired) electrons. The quantitative estimate of drug-likeness (QED) is 0.319. The Morgan fingerprint density at radius 1 is 1.03 bits per heavy atom. The second-order valence-electron chi connectivity index (χ2n) is 9.71. The van der Waals surface area contributed by atoms with Crippen molar-refractivity contribution < 1.29 is 4.74 Å². The molecule has 3 saturated heterocycles. The summed E-state index contributed by atoms with van der Waals surface area (Å²) in [6.45, 7) is 11.0. The summed E-state index contributed by atoms with van der Waals surface area (Å²) in [5.74, 6) is 2.52. The fourth-order valence-electron chi connectivity index (χ4n) is 5.02. The lowest BCUT2D eigenvalue weighted by Crippen LogP contribution is -2.49. The van der Waals surface area contributed by atoms with Crippen molar-refractivity contribution in [3.05, 3.63) is 29.8 Å². The van der Waals surface area contributed by atoms with Crippen LogP contribution in [0.3, 0.4) is 0 Å². The van der Waals surface area contributed by atoms with Gasteiger partial charge in [-0.2, -0.15) is 0 Å². The number of nitrogens with zero attached hydrogens (tertiary/aromatic N) is 3. The topological polar surface area (TPSA) is 52.1 Å². The van der Waals surface area contributed by atoms with Crippen LogP contribution >= 0.6 is 24.0 Å². The van der Waals surface area contributed by atoms with Gasteiger partial charge in [0.15, 0.2) is 5.96 Å². The lowest BCUT2D eigenvalue weighted by molar-refractivity contribution is 0.150. The Labute approximate surface area is 211 Å². The molecule has 2 N–H and O–H groups in total. The number of hydrogen-bond acceptors (Lipinski definition) is 4. The molecule has 3 heterocycles. The van der Waals surface area contributed by atoms with Gasteiger partial charge in [0.05, 0.1) is 6.61 Å². The maximum absolute atomic E-state index is 5.53. The molecule has 3 aliphatic heterocycles. The molecule has 3 aliphatic rings. The fourth-order valence-corrected chi connectivity index (χ4v) is 5.02. The summed E-state index contributed by atoms with van der Waals surface area (Å²) >= 11 is 0. The normalized spacial score (nSPS) is 23.8. The highest BCUT2D eigenvalue weighted by atomic mass is 127. The Bertz CT molecular complexity index is 691. The largest absolute Gasteiger partial charge is 0.381 e. The van der Waals surface area contributed by atoms with Crippen LogP contribution in [0.2, 0.25) is 0 Å². The number of hydrogen-bond donors (Lipinski definition) is 2. The third kappa shape index (κ3) is 7.48. The van der Waals surface area contributed by atoms with E-state index in [4.69, 9.17) is 4.74 Å². The van der Waals surface area contributed by atoms with Crippen molar-refractivity contribution in [3.63, 3.8) is 0 Å². The van der Waals surface area contributed by atoms with E-state index in [1.807, 2.05) is 7.05 Å². The number of nitrogens with one attached hydrogen (secondary N) is 2. The van der Waals surface area contributed by atoms with E-state index < -0.39 is 0 Å². The first-order valence-corrected chi connectivity index (χ1v) is 12.3. The maximum Gasteiger partial charge on any atom is 0.191 e. The molecular formula is C25H42IN5O. The molecule has 3 fully saturated rings. The molecule has 0 saturated carbocycles. The van der Waals surface area contributed by atoms with Crippen LogP contribution in [0, 0.1) is 11.8 Å². The van der Waals surface area contributed by atoms with Crippen molar-refractivity contribution in [2.75, 3.05) is 57.9 Å². The number of anilines is 1. The van der Waals surface area contributed by atoms with Gasteiger partial charge >= 0.3 is 0 Å². The summed E-state index contributed by atoms with van der Waals surface area (Å²) in [5, 5.41) is 7.14. The van der Waals surface area contributed by atoms with Crippen LogP contribution in [0.15, 0.2) is 29.3 Å². The molecule has 1 unspecified atom stereocenters. The highest BCUT2D eigenvalue weighted by molar-refractivity contribution is 14.0. The van der Waals surface area contributed by atoms with Gasteiger partial charge in [0, 0.05) is 64.7 Å². The smallest absolute Gasteiger partial charge is 0.191 e. The standard InChI is InChI=1S/C25H41N5O.HI/c1-20-7-14-30(15-8-20)24-5-3-21(4-6-24)17-27-25(26-2)28-23-9-12-29(13-10-23)18-22-11-16-31-19-22;/h3-6,20,22-23H,7-19H2,1-2H3,(H2,26,27,28);1H. The Kier molecular flexibility index (Phi) is 10.4. The van der Waals surface area contributed by atoms with Crippen LogP contribution in [0.4, 0.5) is 5.69 Å². The molecule has 6 nitrogen and oxygen atoms in total. The predicted octanol–water partition coefficient (Wildman–Crippen LogP) is 3.71. The molecular weight excluding hydrogens is 513 g/mol. The predicted molar refractivity (Wildman–Crippen MR) is 144 cm³/mol. The number of likely N-dealkylation sites (tertiary alicyclic amines) is 1. The van der Waals surface area contributed by atoms with Crippen molar-refractivity contribution in [2.24, 2.45) is 16.8 Å². The highest BCUT2D eigenvalue weighted by Gasteiger charge is 2.24. The Hall–Kier alpha value is -1.06. The van der Waals surface area contributed by atoms with Gasteiger partial charge < -0.3 is 25.2 Å². The third-order valence-electron chi connectivity index (χ3n) is 7.24. The van der Waals surface area contributed by atoms with Crippen molar-refractivity contribution in [1.29, 1.82) is 0 Å². The molecule has 0 spiro atoms. The van der Waals surface area contributed by atoms with Gasteiger partial charge in [0.25, 0.3) is 0 Å². The average Bonchev–Trinajstić information content (AvgIpc) is 3.32. The number of rotatable bonds is 6. The van der Waals surface area contributed by atoms with Crippen LogP contribution in [-0.2, 0) is 11.3 Å². The number of ether oxygens (including phenoxy) is 1. The minimum atomic E-state index is 0. The van der Waals surface area contributed by atoms with Crippen LogP contribution in [-0.4, -0.2) is 69.9 Å². The van der Waals surface area contributed by atoms with Crippen molar-refractivity contribution >= 4 is 35.6 Å². The second kappa shape index (κ2) is 13.0. The summed E-state index contributed by atoms with van der Waals surface area (Å²) in [4.78, 5) is 9.58. The second-order valence-corrected chi connectivity index (χ2v) is 9.71. The molecule has 1 atom stereocenters. The van der Waals surface area contributed by atoms with Gasteiger partial charge in [0.2, 0.25) is 0 Å². The summed E-state index contributed by atoms with van der Waals surface area (Å²) < 4.78 is 5.53. The molecule has 32 heavy (non-hydrogen) atoms. The Balaban J connectivity index is 0.00000289. The van der Waals surface area contributed by atoms with Gasteiger partial charge in [0.1, 0.15) is 0 Å². The highest BCUT2D eigenvalue weighted by Crippen LogP contribution is 2.23. The Morgan fingerprint density at radius 2 is 1.75 bits per heavy atom. The van der Waals surface area contributed by atoms with E-state index in [-0.39, 0.29) is 24.0 Å². The zero-order chi connectivity index (χ0) is 21.5. The van der Waals surface area contributed by atoms with E-state index in [9.17, 15) is 0 Å². The van der Waals surface area contributed by atoms with Crippen LogP contribution in [0.25, 0.3) is 0 Å². The van der Waals surface area contributed by atoms with E-state index in [2.05, 4.69) is 56.6 Å².